The van der Waals surface area contributed by atoms with Crippen LogP contribution in [0.1, 0.15) is 32.6 Å². The molecule has 1 aliphatic heterocycles. The smallest absolute Gasteiger partial charge is 0.236 e. The van der Waals surface area contributed by atoms with E-state index in [1.165, 1.54) is 25.9 Å². The van der Waals surface area contributed by atoms with Gasteiger partial charge in [0.15, 0.2) is 0 Å². The fourth-order valence-corrected chi connectivity index (χ4v) is 2.45. The average molecular weight is 314 g/mol. The van der Waals surface area contributed by atoms with Gasteiger partial charge >= 0.3 is 0 Å². The maximum Gasteiger partial charge on any atom is 0.236 e. The molecule has 0 aromatic rings. The quantitative estimate of drug-likeness (QED) is 0.813. The van der Waals surface area contributed by atoms with E-state index in [1.54, 1.807) is 0 Å². The fourth-order valence-electron chi connectivity index (χ4n) is 2.45. The van der Waals surface area contributed by atoms with Crippen LogP contribution in [0.3, 0.4) is 0 Å². The molecule has 1 saturated heterocycles. The predicted molar refractivity (Wildman–Crippen MR) is 85.3 cm³/mol. The molecular formula is C13H29Cl2N3O. The van der Waals surface area contributed by atoms with Gasteiger partial charge in [-0.05, 0) is 38.8 Å². The number of halogens is 2. The van der Waals surface area contributed by atoms with Crippen LogP contribution in [0.4, 0.5) is 0 Å². The Bertz CT molecular complexity index is 234. The Balaban J connectivity index is 0. The van der Waals surface area contributed by atoms with E-state index in [2.05, 4.69) is 18.9 Å². The standard InChI is InChI=1S/C13H27N3O.2ClH/c1-3-4-7-15(2)11-12-5-8-16(9-6-12)13(17)10-14;;/h12H,3-11,14H2,1-2H3;2*1H. The van der Waals surface area contributed by atoms with Crippen molar-refractivity contribution < 1.29 is 4.79 Å². The number of piperidine rings is 1. The highest BCUT2D eigenvalue weighted by Gasteiger charge is 2.22. The summed E-state index contributed by atoms with van der Waals surface area (Å²) in [5.74, 6) is 0.849. The molecule has 1 rings (SSSR count). The summed E-state index contributed by atoms with van der Waals surface area (Å²) in [4.78, 5) is 15.8. The molecule has 1 heterocycles. The number of hydrogen-bond acceptors (Lipinski definition) is 3. The van der Waals surface area contributed by atoms with Crippen molar-refractivity contribution in [2.45, 2.75) is 32.6 Å². The largest absolute Gasteiger partial charge is 0.342 e. The Morgan fingerprint density at radius 3 is 2.37 bits per heavy atom. The van der Waals surface area contributed by atoms with Gasteiger partial charge in [0.25, 0.3) is 0 Å². The monoisotopic (exact) mass is 313 g/mol. The molecule has 0 saturated carbocycles. The molecule has 1 aliphatic rings. The summed E-state index contributed by atoms with van der Waals surface area (Å²) < 4.78 is 0. The highest BCUT2D eigenvalue weighted by molar-refractivity contribution is 5.85. The summed E-state index contributed by atoms with van der Waals surface area (Å²) in [5, 5.41) is 0. The van der Waals surface area contributed by atoms with E-state index in [0.29, 0.717) is 0 Å². The number of unbranched alkanes of at least 4 members (excludes halogenated alkanes) is 1. The minimum absolute atomic E-state index is 0. The first kappa shape index (κ1) is 21.3. The molecule has 0 spiro atoms. The third-order valence-electron chi connectivity index (χ3n) is 3.61. The maximum atomic E-state index is 11.4. The van der Waals surface area contributed by atoms with E-state index in [9.17, 15) is 4.79 Å². The van der Waals surface area contributed by atoms with E-state index in [1.807, 2.05) is 4.90 Å². The zero-order valence-corrected chi connectivity index (χ0v) is 13.8. The van der Waals surface area contributed by atoms with Gasteiger partial charge in [-0.3, -0.25) is 4.79 Å². The Hall–Kier alpha value is -0.0300. The van der Waals surface area contributed by atoms with Gasteiger partial charge in [0.2, 0.25) is 5.91 Å². The number of amides is 1. The van der Waals surface area contributed by atoms with Gasteiger partial charge in [0, 0.05) is 19.6 Å². The number of hydrogen-bond donors (Lipinski definition) is 1. The first-order valence-electron chi connectivity index (χ1n) is 6.83. The molecule has 1 amide bonds. The summed E-state index contributed by atoms with van der Waals surface area (Å²) in [5.41, 5.74) is 5.37. The molecule has 0 atom stereocenters. The van der Waals surface area contributed by atoms with Crippen molar-refractivity contribution in [2.75, 3.05) is 39.8 Å². The third kappa shape index (κ3) is 7.98. The number of likely N-dealkylation sites (tertiary alicyclic amines) is 1. The van der Waals surface area contributed by atoms with Crippen LogP contribution in [0, 0.1) is 5.92 Å². The zero-order chi connectivity index (χ0) is 12.7. The van der Waals surface area contributed by atoms with Gasteiger partial charge in [0.1, 0.15) is 0 Å². The van der Waals surface area contributed by atoms with Crippen molar-refractivity contribution >= 4 is 30.7 Å². The number of nitrogens with zero attached hydrogens (tertiary/aromatic N) is 2. The van der Waals surface area contributed by atoms with E-state index in [-0.39, 0.29) is 37.3 Å². The normalized spacial score (nSPS) is 15.9. The SMILES string of the molecule is CCCCN(C)CC1CCN(C(=O)CN)CC1.Cl.Cl. The lowest BCUT2D eigenvalue weighted by Crippen LogP contribution is -2.43. The second-order valence-electron chi connectivity index (χ2n) is 5.14. The Morgan fingerprint density at radius 1 is 1.32 bits per heavy atom. The van der Waals surface area contributed by atoms with E-state index in [4.69, 9.17) is 5.73 Å². The first-order chi connectivity index (χ1) is 8.17. The van der Waals surface area contributed by atoms with Crippen molar-refractivity contribution in [1.82, 2.24) is 9.80 Å². The number of rotatable bonds is 6. The lowest BCUT2D eigenvalue weighted by molar-refractivity contribution is -0.131. The van der Waals surface area contributed by atoms with Crippen LogP contribution in [0.5, 0.6) is 0 Å². The summed E-state index contributed by atoms with van der Waals surface area (Å²) >= 11 is 0. The van der Waals surface area contributed by atoms with Crippen LogP contribution < -0.4 is 5.73 Å². The summed E-state index contributed by atoms with van der Waals surface area (Å²) in [6.07, 6.45) is 4.79. The molecule has 4 nitrogen and oxygen atoms in total. The first-order valence-corrected chi connectivity index (χ1v) is 6.83. The zero-order valence-electron chi connectivity index (χ0n) is 12.1. The Morgan fingerprint density at radius 2 is 1.89 bits per heavy atom. The molecule has 6 heteroatoms. The molecule has 0 aliphatic carbocycles. The number of carbonyl (C=O) groups excluding carboxylic acids is 1. The Labute approximate surface area is 129 Å². The van der Waals surface area contributed by atoms with Crippen LogP contribution in [0.15, 0.2) is 0 Å². The predicted octanol–water partition coefficient (Wildman–Crippen LogP) is 1.76. The summed E-state index contributed by atoms with van der Waals surface area (Å²) in [6, 6.07) is 0. The van der Waals surface area contributed by atoms with Crippen LogP contribution in [0.25, 0.3) is 0 Å². The van der Waals surface area contributed by atoms with Gasteiger partial charge in [-0.15, -0.1) is 24.8 Å². The van der Waals surface area contributed by atoms with Crippen molar-refractivity contribution in [3.05, 3.63) is 0 Å². The topological polar surface area (TPSA) is 49.6 Å². The average Bonchev–Trinajstić information content (AvgIpc) is 2.36. The van der Waals surface area contributed by atoms with Gasteiger partial charge in [-0.2, -0.15) is 0 Å². The van der Waals surface area contributed by atoms with Crippen LogP contribution in [-0.2, 0) is 4.79 Å². The second-order valence-corrected chi connectivity index (χ2v) is 5.14. The molecule has 0 aromatic carbocycles. The molecule has 0 unspecified atom stereocenters. The molecule has 0 radical (unpaired) electrons. The van der Waals surface area contributed by atoms with Crippen LogP contribution in [0.2, 0.25) is 0 Å². The lowest BCUT2D eigenvalue weighted by atomic mass is 9.96. The highest BCUT2D eigenvalue weighted by Crippen LogP contribution is 2.18. The molecule has 19 heavy (non-hydrogen) atoms. The van der Waals surface area contributed by atoms with E-state index < -0.39 is 0 Å². The Kier molecular flexibility index (Phi) is 13.2. The van der Waals surface area contributed by atoms with Crippen molar-refractivity contribution in [3.8, 4) is 0 Å². The molecular weight excluding hydrogens is 285 g/mol. The van der Waals surface area contributed by atoms with Crippen molar-refractivity contribution in [3.63, 3.8) is 0 Å². The second kappa shape index (κ2) is 11.8. The maximum absolute atomic E-state index is 11.4. The number of nitrogens with two attached hydrogens (primary N) is 1. The summed E-state index contributed by atoms with van der Waals surface area (Å²) in [7, 11) is 2.20. The summed E-state index contributed by atoms with van der Waals surface area (Å²) in [6.45, 7) is 6.53. The molecule has 2 N–H and O–H groups in total. The van der Waals surface area contributed by atoms with Crippen molar-refractivity contribution in [1.29, 1.82) is 0 Å². The molecule has 0 aromatic heterocycles. The van der Waals surface area contributed by atoms with Crippen LogP contribution >= 0.6 is 24.8 Å². The van der Waals surface area contributed by atoms with Crippen molar-refractivity contribution in [2.24, 2.45) is 11.7 Å². The molecule has 0 bridgehead atoms. The van der Waals surface area contributed by atoms with Gasteiger partial charge < -0.3 is 15.5 Å². The highest BCUT2D eigenvalue weighted by atomic mass is 35.5. The lowest BCUT2D eigenvalue weighted by Gasteiger charge is -2.33. The van der Waals surface area contributed by atoms with E-state index in [0.717, 1.165) is 31.8 Å². The van der Waals surface area contributed by atoms with Gasteiger partial charge in [-0.1, -0.05) is 13.3 Å². The van der Waals surface area contributed by atoms with Gasteiger partial charge in [0.05, 0.1) is 6.54 Å². The number of carbonyl (C=O) groups is 1. The minimum Gasteiger partial charge on any atom is -0.342 e. The van der Waals surface area contributed by atoms with E-state index >= 15 is 0 Å². The fraction of sp³-hybridized carbons (Fsp3) is 0.923. The minimum atomic E-state index is 0. The molecule has 1 fully saturated rings. The van der Waals surface area contributed by atoms with Crippen LogP contribution in [-0.4, -0.2) is 55.5 Å². The molecule has 116 valence electrons. The van der Waals surface area contributed by atoms with Gasteiger partial charge in [-0.25, -0.2) is 0 Å². The third-order valence-corrected chi connectivity index (χ3v) is 3.61.